The first-order valence-electron chi connectivity index (χ1n) is 11.8. The highest BCUT2D eigenvalue weighted by Crippen LogP contribution is 2.34. The number of anilines is 1. The number of carbonyl (C=O) groups is 1. The van der Waals surface area contributed by atoms with Crippen molar-refractivity contribution in [1.29, 1.82) is 0 Å². The van der Waals surface area contributed by atoms with Crippen molar-refractivity contribution in [1.82, 2.24) is 9.88 Å². The number of halogens is 1. The zero-order valence-electron chi connectivity index (χ0n) is 20.9. The van der Waals surface area contributed by atoms with Crippen LogP contribution in [0, 0.1) is 0 Å². The smallest absolute Gasteiger partial charge is 0.228 e. The molecule has 0 spiro atoms. The Hall–Kier alpha value is -1.89. The molecule has 1 aromatic heterocycles. The fourth-order valence-corrected chi connectivity index (χ4v) is 7.01. The Balaban J connectivity index is 0.00000380. The van der Waals surface area contributed by atoms with Crippen LogP contribution in [0.2, 0.25) is 0 Å². The monoisotopic (exact) mass is 585 g/mol. The van der Waals surface area contributed by atoms with Gasteiger partial charge in [0, 0.05) is 37.5 Å². The zero-order chi connectivity index (χ0) is 25.5. The molecule has 1 aliphatic heterocycles. The molecule has 1 saturated heterocycles. The lowest BCUT2D eigenvalue weighted by molar-refractivity contribution is -0.118. The summed E-state index contributed by atoms with van der Waals surface area (Å²) in [6.45, 7) is 4.25. The highest BCUT2D eigenvalue weighted by molar-refractivity contribution is 7.98. The van der Waals surface area contributed by atoms with Crippen LogP contribution in [0.1, 0.15) is 12.8 Å². The average Bonchev–Trinajstić information content (AvgIpc) is 3.33. The number of amides is 1. The highest BCUT2D eigenvalue weighted by atomic mass is 35.5. The number of morpholine rings is 1. The van der Waals surface area contributed by atoms with E-state index in [1.165, 1.54) is 30.6 Å². The maximum absolute atomic E-state index is 13.4. The number of nitrogens with zero attached hydrogens (tertiary/aromatic N) is 3. The minimum absolute atomic E-state index is 0. The number of para-hydroxylation sites is 1. The normalized spacial score (nSPS) is 14.3. The van der Waals surface area contributed by atoms with Crippen LogP contribution in [0.25, 0.3) is 10.2 Å². The van der Waals surface area contributed by atoms with Gasteiger partial charge in [0.05, 0.1) is 41.2 Å². The largest absolute Gasteiger partial charge is 0.497 e. The van der Waals surface area contributed by atoms with E-state index >= 15 is 0 Å². The van der Waals surface area contributed by atoms with E-state index < -0.39 is 9.84 Å². The first-order chi connectivity index (χ1) is 17.4. The van der Waals surface area contributed by atoms with E-state index in [2.05, 4.69) is 4.90 Å². The van der Waals surface area contributed by atoms with Gasteiger partial charge in [-0.05, 0) is 49.1 Å². The van der Waals surface area contributed by atoms with E-state index in [4.69, 9.17) is 14.5 Å². The molecule has 202 valence electrons. The minimum Gasteiger partial charge on any atom is -0.497 e. The Morgan fingerprint density at radius 2 is 1.92 bits per heavy atom. The van der Waals surface area contributed by atoms with Crippen LogP contribution in [-0.2, 0) is 19.4 Å². The van der Waals surface area contributed by atoms with Crippen LogP contribution >= 0.6 is 35.5 Å². The van der Waals surface area contributed by atoms with E-state index in [-0.39, 0.29) is 41.8 Å². The lowest BCUT2D eigenvalue weighted by atomic mass is 10.3. The summed E-state index contributed by atoms with van der Waals surface area (Å²) in [7, 11) is -1.96. The average molecular weight is 586 g/mol. The maximum atomic E-state index is 13.4. The standard InChI is InChI=1S/C25H31N3O5S3.ClH/c1-32-19-8-10-20(11-9-19)36(30,31)18-4-7-23(29)28(13-12-27-14-16-33-17-15-27)25-26-24-21(34-2)5-3-6-22(24)35-25;/h3,5-6,8-11H,4,7,12-18H2,1-2H3;1H. The van der Waals surface area contributed by atoms with Gasteiger partial charge in [0.25, 0.3) is 0 Å². The molecule has 12 heteroatoms. The van der Waals surface area contributed by atoms with Crippen LogP contribution in [0.4, 0.5) is 5.13 Å². The molecule has 3 aromatic rings. The number of fused-ring (bicyclic) bond motifs is 1. The SMILES string of the molecule is COc1ccc(S(=O)(=O)CCCC(=O)N(CCN2CCOCC2)c2nc3c(SC)cccc3s2)cc1.Cl. The fourth-order valence-electron chi connectivity index (χ4n) is 4.03. The third kappa shape index (κ3) is 7.58. The number of thioether (sulfide) groups is 1. The van der Waals surface area contributed by atoms with Crippen molar-refractivity contribution in [3.63, 3.8) is 0 Å². The van der Waals surface area contributed by atoms with Crippen molar-refractivity contribution >= 4 is 66.6 Å². The van der Waals surface area contributed by atoms with Crippen LogP contribution in [0.5, 0.6) is 5.75 Å². The predicted molar refractivity (Wildman–Crippen MR) is 153 cm³/mol. The lowest BCUT2D eigenvalue weighted by Gasteiger charge is -2.29. The van der Waals surface area contributed by atoms with E-state index in [0.29, 0.717) is 37.2 Å². The topological polar surface area (TPSA) is 89.0 Å². The number of hydrogen-bond acceptors (Lipinski definition) is 9. The van der Waals surface area contributed by atoms with E-state index in [0.717, 1.165) is 28.2 Å². The number of sulfone groups is 1. The molecule has 0 atom stereocenters. The summed E-state index contributed by atoms with van der Waals surface area (Å²) in [6.07, 6.45) is 2.38. The highest BCUT2D eigenvalue weighted by Gasteiger charge is 2.23. The molecule has 0 aliphatic carbocycles. The van der Waals surface area contributed by atoms with Crippen LogP contribution in [0.15, 0.2) is 52.3 Å². The Morgan fingerprint density at radius 1 is 1.19 bits per heavy atom. The van der Waals surface area contributed by atoms with Gasteiger partial charge in [-0.2, -0.15) is 0 Å². The molecule has 0 N–H and O–H groups in total. The molecule has 0 saturated carbocycles. The second kappa shape index (κ2) is 13.8. The molecule has 1 amide bonds. The first-order valence-corrected chi connectivity index (χ1v) is 15.5. The molecule has 0 radical (unpaired) electrons. The number of hydrogen-bond donors (Lipinski definition) is 0. The molecular formula is C25H32ClN3O5S3. The molecule has 8 nitrogen and oxygen atoms in total. The molecule has 1 aliphatic rings. The number of rotatable bonds is 11. The Morgan fingerprint density at radius 3 is 2.59 bits per heavy atom. The van der Waals surface area contributed by atoms with Gasteiger partial charge in [-0.15, -0.1) is 24.2 Å². The van der Waals surface area contributed by atoms with E-state index in [9.17, 15) is 13.2 Å². The molecule has 1 fully saturated rings. The second-order valence-electron chi connectivity index (χ2n) is 8.40. The predicted octanol–water partition coefficient (Wildman–Crippen LogP) is 4.37. The van der Waals surface area contributed by atoms with Crippen molar-refractivity contribution in [2.45, 2.75) is 22.6 Å². The Kier molecular flexibility index (Phi) is 11.0. The number of methoxy groups -OCH3 is 1. The van der Waals surface area contributed by atoms with Gasteiger partial charge in [-0.25, -0.2) is 13.4 Å². The summed E-state index contributed by atoms with van der Waals surface area (Å²) < 4.78 is 37.1. The zero-order valence-corrected chi connectivity index (χ0v) is 24.2. The number of aromatic nitrogens is 1. The molecule has 0 unspecified atom stereocenters. The van der Waals surface area contributed by atoms with E-state index in [1.54, 1.807) is 28.8 Å². The van der Waals surface area contributed by atoms with Gasteiger partial charge in [0.1, 0.15) is 5.75 Å². The lowest BCUT2D eigenvalue weighted by Crippen LogP contribution is -2.43. The third-order valence-electron chi connectivity index (χ3n) is 6.09. The van der Waals surface area contributed by atoms with Gasteiger partial charge in [0.2, 0.25) is 5.91 Å². The Bertz CT molecular complexity index is 1280. The molecule has 37 heavy (non-hydrogen) atoms. The summed E-state index contributed by atoms with van der Waals surface area (Å²) in [5.74, 6) is 0.386. The second-order valence-corrected chi connectivity index (χ2v) is 12.4. The molecule has 2 aromatic carbocycles. The van der Waals surface area contributed by atoms with Gasteiger partial charge >= 0.3 is 0 Å². The summed E-state index contributed by atoms with van der Waals surface area (Å²) in [5.41, 5.74) is 0.899. The minimum atomic E-state index is -3.49. The molecule has 0 bridgehead atoms. The molecular weight excluding hydrogens is 554 g/mol. The van der Waals surface area contributed by atoms with Crippen molar-refractivity contribution in [2.24, 2.45) is 0 Å². The summed E-state index contributed by atoms with van der Waals surface area (Å²) in [5, 5.41) is 0.655. The van der Waals surface area contributed by atoms with Crippen molar-refractivity contribution < 1.29 is 22.7 Å². The van der Waals surface area contributed by atoms with Gasteiger partial charge in [-0.3, -0.25) is 14.6 Å². The van der Waals surface area contributed by atoms with Crippen molar-refractivity contribution in [2.75, 3.05) is 63.4 Å². The number of carbonyl (C=O) groups excluding carboxylic acids is 1. The molecule has 4 rings (SSSR count). The summed E-state index contributed by atoms with van der Waals surface area (Å²) >= 11 is 3.13. The molecule has 2 heterocycles. The number of benzene rings is 2. The van der Waals surface area contributed by atoms with E-state index in [1.807, 2.05) is 24.5 Å². The summed E-state index contributed by atoms with van der Waals surface area (Å²) in [6, 6.07) is 12.4. The third-order valence-corrected chi connectivity index (χ3v) is 9.72. The fraction of sp³-hybridized carbons (Fsp3) is 0.440. The summed E-state index contributed by atoms with van der Waals surface area (Å²) in [4.78, 5) is 23.5. The van der Waals surface area contributed by atoms with Gasteiger partial charge in [-0.1, -0.05) is 17.4 Å². The number of thiazole rings is 1. The number of ether oxygens (including phenoxy) is 2. The maximum Gasteiger partial charge on any atom is 0.228 e. The van der Waals surface area contributed by atoms with Gasteiger partial charge in [0.15, 0.2) is 15.0 Å². The van der Waals surface area contributed by atoms with Crippen molar-refractivity contribution in [3.05, 3.63) is 42.5 Å². The quantitative estimate of drug-likeness (QED) is 0.307. The van der Waals surface area contributed by atoms with Crippen molar-refractivity contribution in [3.8, 4) is 5.75 Å². The van der Waals surface area contributed by atoms with Gasteiger partial charge < -0.3 is 9.47 Å². The first kappa shape index (κ1) is 29.7. The van der Waals surface area contributed by atoms with Crippen LogP contribution < -0.4 is 9.64 Å². The Labute approximate surface area is 232 Å². The van der Waals surface area contributed by atoms with Crippen LogP contribution in [-0.4, -0.2) is 82.7 Å². The van der Waals surface area contributed by atoms with Crippen LogP contribution in [0.3, 0.4) is 0 Å².